The van der Waals surface area contributed by atoms with Crippen LogP contribution in [0.1, 0.15) is 17.4 Å². The molecule has 144 valence electrons. The molecule has 0 amide bonds. The van der Waals surface area contributed by atoms with E-state index in [9.17, 15) is 8.78 Å². The Labute approximate surface area is 156 Å². The molecule has 0 aliphatic carbocycles. The number of hydrogen-bond donors (Lipinski definition) is 1. The van der Waals surface area contributed by atoms with Crippen molar-refractivity contribution in [2.75, 3.05) is 6.61 Å². The molecule has 2 heterocycles. The van der Waals surface area contributed by atoms with Gasteiger partial charge in [-0.15, -0.1) is 0 Å². The van der Waals surface area contributed by atoms with Crippen molar-refractivity contribution in [2.24, 2.45) is 5.73 Å². The molecule has 2 unspecified atom stereocenters. The van der Waals surface area contributed by atoms with Gasteiger partial charge in [0.2, 0.25) is 0 Å². The third kappa shape index (κ3) is 3.74. The van der Waals surface area contributed by atoms with E-state index in [1.807, 2.05) is 36.4 Å². The van der Waals surface area contributed by atoms with Crippen molar-refractivity contribution in [3.63, 3.8) is 0 Å². The van der Waals surface area contributed by atoms with E-state index in [1.54, 1.807) is 24.3 Å². The van der Waals surface area contributed by atoms with Crippen molar-refractivity contribution in [1.82, 2.24) is 0 Å². The lowest BCUT2D eigenvalue weighted by Gasteiger charge is -2.48. The number of ether oxygens (including phenoxy) is 4. The van der Waals surface area contributed by atoms with Gasteiger partial charge >= 0.3 is 0 Å². The third-order valence-corrected chi connectivity index (χ3v) is 4.77. The summed E-state index contributed by atoms with van der Waals surface area (Å²) in [6, 6.07) is 16.5. The standard InChI is InChI=1S/C20H21F2NO4/c21-20(22)16(23)19(24-11-13-7-3-1-4-8-13)26-15-12-25-18(27-17(15)20)14-9-5-2-6-10-14/h1-10,15-19H,11-12,23H2/t15-,16+,17-,18?,19?/m1/s1. The summed E-state index contributed by atoms with van der Waals surface area (Å²) in [4.78, 5) is 0. The number of rotatable bonds is 4. The van der Waals surface area contributed by atoms with Crippen LogP contribution in [0.2, 0.25) is 0 Å². The van der Waals surface area contributed by atoms with Crippen LogP contribution in [0.15, 0.2) is 60.7 Å². The van der Waals surface area contributed by atoms with Crippen LogP contribution in [0, 0.1) is 0 Å². The minimum atomic E-state index is -3.32. The first-order valence-electron chi connectivity index (χ1n) is 8.82. The zero-order valence-corrected chi connectivity index (χ0v) is 14.5. The topological polar surface area (TPSA) is 62.9 Å². The highest BCUT2D eigenvalue weighted by molar-refractivity contribution is 5.17. The van der Waals surface area contributed by atoms with E-state index in [2.05, 4.69) is 0 Å². The SMILES string of the molecule is N[C@H]1C(OCc2ccccc2)O[C@@H]2COC(c3ccccc3)O[C@H]2C1(F)F. The maximum Gasteiger partial charge on any atom is 0.296 e. The van der Waals surface area contributed by atoms with Gasteiger partial charge < -0.3 is 24.7 Å². The van der Waals surface area contributed by atoms with Gasteiger partial charge in [-0.3, -0.25) is 0 Å². The number of halogens is 2. The van der Waals surface area contributed by atoms with Gasteiger partial charge in [0.15, 0.2) is 18.7 Å². The normalized spacial score (nSPS) is 32.6. The molecule has 2 saturated heterocycles. The Morgan fingerprint density at radius 1 is 1.00 bits per heavy atom. The summed E-state index contributed by atoms with van der Waals surface area (Å²) in [5.74, 6) is -3.32. The Morgan fingerprint density at radius 2 is 1.67 bits per heavy atom. The summed E-state index contributed by atoms with van der Waals surface area (Å²) in [6.45, 7) is 0.0960. The van der Waals surface area contributed by atoms with E-state index >= 15 is 0 Å². The molecule has 27 heavy (non-hydrogen) atoms. The molecule has 0 aromatic heterocycles. The molecule has 4 rings (SSSR count). The van der Waals surface area contributed by atoms with Crippen LogP contribution in [0.25, 0.3) is 0 Å². The van der Waals surface area contributed by atoms with Crippen molar-refractivity contribution in [2.45, 2.75) is 43.4 Å². The molecule has 5 nitrogen and oxygen atoms in total. The number of fused-ring (bicyclic) bond motifs is 1. The van der Waals surface area contributed by atoms with Gasteiger partial charge in [0.1, 0.15) is 12.1 Å². The minimum absolute atomic E-state index is 0.0300. The molecule has 5 atom stereocenters. The van der Waals surface area contributed by atoms with Crippen molar-refractivity contribution in [1.29, 1.82) is 0 Å². The second-order valence-electron chi connectivity index (χ2n) is 6.67. The van der Waals surface area contributed by atoms with Gasteiger partial charge in [0.05, 0.1) is 13.2 Å². The second kappa shape index (κ2) is 7.61. The summed E-state index contributed by atoms with van der Waals surface area (Å²) < 4.78 is 52.2. The lowest BCUT2D eigenvalue weighted by Crippen LogP contribution is -2.68. The fraction of sp³-hybridized carbons (Fsp3) is 0.400. The predicted molar refractivity (Wildman–Crippen MR) is 92.8 cm³/mol. The van der Waals surface area contributed by atoms with Crippen LogP contribution in [0.5, 0.6) is 0 Å². The minimum Gasteiger partial charge on any atom is -0.346 e. The van der Waals surface area contributed by atoms with Gasteiger partial charge in [0, 0.05) is 5.56 Å². The number of hydrogen-bond acceptors (Lipinski definition) is 5. The number of nitrogens with two attached hydrogens (primary N) is 1. The second-order valence-corrected chi connectivity index (χ2v) is 6.67. The van der Waals surface area contributed by atoms with E-state index in [0.29, 0.717) is 5.56 Å². The largest absolute Gasteiger partial charge is 0.346 e. The monoisotopic (exact) mass is 377 g/mol. The van der Waals surface area contributed by atoms with E-state index in [4.69, 9.17) is 24.7 Å². The first kappa shape index (κ1) is 18.5. The predicted octanol–water partition coefficient (Wildman–Crippen LogP) is 3.00. The average Bonchev–Trinajstić information content (AvgIpc) is 2.71. The molecule has 2 aliphatic rings. The van der Waals surface area contributed by atoms with Crippen molar-refractivity contribution in [3.8, 4) is 0 Å². The third-order valence-electron chi connectivity index (χ3n) is 4.77. The van der Waals surface area contributed by atoms with Crippen molar-refractivity contribution < 1.29 is 27.7 Å². The van der Waals surface area contributed by atoms with Gasteiger partial charge in [-0.2, -0.15) is 0 Å². The van der Waals surface area contributed by atoms with Crippen LogP contribution >= 0.6 is 0 Å². The zero-order chi connectivity index (χ0) is 18.9. The highest BCUT2D eigenvalue weighted by atomic mass is 19.3. The molecule has 0 radical (unpaired) electrons. The van der Waals surface area contributed by atoms with Gasteiger partial charge in [-0.1, -0.05) is 60.7 Å². The quantitative estimate of drug-likeness (QED) is 0.888. The zero-order valence-electron chi connectivity index (χ0n) is 14.5. The maximum absolute atomic E-state index is 14.9. The summed E-state index contributed by atoms with van der Waals surface area (Å²) in [5, 5.41) is 0. The summed E-state index contributed by atoms with van der Waals surface area (Å²) in [7, 11) is 0. The summed E-state index contributed by atoms with van der Waals surface area (Å²) >= 11 is 0. The van der Waals surface area contributed by atoms with Gasteiger partial charge in [-0.25, -0.2) is 8.78 Å². The Balaban J connectivity index is 1.45. The molecule has 2 aromatic rings. The van der Waals surface area contributed by atoms with Crippen LogP contribution in [0.4, 0.5) is 8.78 Å². The molecule has 0 spiro atoms. The highest BCUT2D eigenvalue weighted by Crippen LogP contribution is 2.41. The molecule has 2 fully saturated rings. The molecule has 7 heteroatoms. The Kier molecular flexibility index (Phi) is 5.21. The first-order chi connectivity index (χ1) is 13.1. The van der Waals surface area contributed by atoms with E-state index in [1.165, 1.54) is 0 Å². The molecular weight excluding hydrogens is 356 g/mol. The van der Waals surface area contributed by atoms with Crippen molar-refractivity contribution >= 4 is 0 Å². The average molecular weight is 377 g/mol. The van der Waals surface area contributed by atoms with E-state index < -0.39 is 36.8 Å². The molecule has 2 aliphatic heterocycles. The van der Waals surface area contributed by atoms with Gasteiger partial charge in [0.25, 0.3) is 5.92 Å². The Hall–Kier alpha value is -1.90. The lowest BCUT2D eigenvalue weighted by atomic mass is 9.95. The highest BCUT2D eigenvalue weighted by Gasteiger charge is 2.60. The Bertz CT molecular complexity index is 746. The molecule has 2 N–H and O–H groups in total. The fourth-order valence-corrected chi connectivity index (χ4v) is 3.29. The summed E-state index contributed by atoms with van der Waals surface area (Å²) in [5.41, 5.74) is 7.31. The fourth-order valence-electron chi connectivity index (χ4n) is 3.29. The van der Waals surface area contributed by atoms with Crippen LogP contribution < -0.4 is 5.73 Å². The first-order valence-corrected chi connectivity index (χ1v) is 8.82. The van der Waals surface area contributed by atoms with E-state index in [-0.39, 0.29) is 13.2 Å². The number of benzene rings is 2. The Morgan fingerprint density at radius 3 is 2.37 bits per heavy atom. The number of alkyl halides is 2. The van der Waals surface area contributed by atoms with E-state index in [0.717, 1.165) is 5.56 Å². The maximum atomic E-state index is 14.9. The lowest BCUT2D eigenvalue weighted by molar-refractivity contribution is -0.375. The molecule has 0 bridgehead atoms. The van der Waals surface area contributed by atoms with Crippen LogP contribution in [0.3, 0.4) is 0 Å². The summed E-state index contributed by atoms with van der Waals surface area (Å²) in [6.07, 6.45) is -4.58. The van der Waals surface area contributed by atoms with Gasteiger partial charge in [-0.05, 0) is 5.56 Å². The molecule has 2 aromatic carbocycles. The smallest absolute Gasteiger partial charge is 0.296 e. The van der Waals surface area contributed by atoms with Crippen LogP contribution in [-0.2, 0) is 25.6 Å². The molecule has 0 saturated carbocycles. The van der Waals surface area contributed by atoms with Crippen LogP contribution in [-0.4, -0.2) is 37.1 Å². The molecular formula is C20H21F2NO4. The van der Waals surface area contributed by atoms with Crippen molar-refractivity contribution in [3.05, 3.63) is 71.8 Å².